The second kappa shape index (κ2) is 2.24. The number of ether oxygens (including phenoxy) is 1. The molecule has 0 aromatic heterocycles. The van der Waals surface area contributed by atoms with E-state index in [4.69, 9.17) is 16.3 Å². The Morgan fingerprint density at radius 1 is 1.42 bits per heavy atom. The average Bonchev–Trinajstić information content (AvgIpc) is 2.83. The van der Waals surface area contributed by atoms with Gasteiger partial charge in [-0.3, -0.25) is 0 Å². The van der Waals surface area contributed by atoms with E-state index in [1.54, 1.807) is 0 Å². The van der Waals surface area contributed by atoms with Crippen LogP contribution in [0.1, 0.15) is 23.7 Å². The quantitative estimate of drug-likeness (QED) is 0.560. The van der Waals surface area contributed by atoms with E-state index in [-0.39, 0.29) is 0 Å². The number of epoxide rings is 1. The van der Waals surface area contributed by atoms with Crippen LogP contribution in [0.15, 0.2) is 18.2 Å². The molecule has 2 heteroatoms. The van der Waals surface area contributed by atoms with Crippen molar-refractivity contribution in [3.05, 3.63) is 34.3 Å². The number of hydrogen-bond acceptors (Lipinski definition) is 1. The maximum absolute atomic E-state index is 6.07. The summed E-state index contributed by atoms with van der Waals surface area (Å²) in [6.45, 7) is 0. The Bertz CT molecular complexity index is 335. The summed E-state index contributed by atoms with van der Waals surface area (Å²) in [5, 5.41) is 0.904. The van der Waals surface area contributed by atoms with Crippen molar-refractivity contribution in [3.63, 3.8) is 0 Å². The first-order valence-electron chi connectivity index (χ1n) is 4.29. The number of benzene rings is 1. The van der Waals surface area contributed by atoms with Crippen LogP contribution in [0, 0.1) is 0 Å². The highest BCUT2D eigenvalue weighted by atomic mass is 35.5. The first-order valence-corrected chi connectivity index (χ1v) is 4.67. The fourth-order valence-corrected chi connectivity index (χ4v) is 2.30. The van der Waals surface area contributed by atoms with Crippen molar-refractivity contribution in [2.24, 2.45) is 0 Å². The highest BCUT2D eigenvalue weighted by molar-refractivity contribution is 6.31. The van der Waals surface area contributed by atoms with Crippen LogP contribution in [0.5, 0.6) is 0 Å². The van der Waals surface area contributed by atoms with Crippen LogP contribution in [0.4, 0.5) is 0 Å². The highest BCUT2D eigenvalue weighted by Crippen LogP contribution is 2.48. The molecule has 0 bridgehead atoms. The van der Waals surface area contributed by atoms with E-state index in [0.717, 1.165) is 17.9 Å². The predicted molar refractivity (Wildman–Crippen MR) is 47.4 cm³/mol. The number of hydrogen-bond donors (Lipinski definition) is 0. The van der Waals surface area contributed by atoms with Crippen molar-refractivity contribution >= 4 is 11.6 Å². The Labute approximate surface area is 76.3 Å². The van der Waals surface area contributed by atoms with Gasteiger partial charge < -0.3 is 4.74 Å². The van der Waals surface area contributed by atoms with Gasteiger partial charge in [0.05, 0.1) is 6.10 Å². The molecule has 0 spiro atoms. The monoisotopic (exact) mass is 180 g/mol. The summed E-state index contributed by atoms with van der Waals surface area (Å²) in [6.07, 6.45) is 3.08. The minimum Gasteiger partial charge on any atom is -0.364 e. The van der Waals surface area contributed by atoms with Gasteiger partial charge in [-0.05, 0) is 30.0 Å². The van der Waals surface area contributed by atoms with Crippen molar-refractivity contribution in [2.45, 2.75) is 25.0 Å². The number of rotatable bonds is 0. The molecule has 1 aliphatic heterocycles. The molecule has 1 heterocycles. The topological polar surface area (TPSA) is 12.5 Å². The van der Waals surface area contributed by atoms with Crippen molar-refractivity contribution in [1.29, 1.82) is 0 Å². The van der Waals surface area contributed by atoms with Crippen molar-refractivity contribution < 1.29 is 4.74 Å². The molecule has 2 atom stereocenters. The summed E-state index contributed by atoms with van der Waals surface area (Å²) in [5.41, 5.74) is 2.62. The number of fused-ring (bicyclic) bond motifs is 3. The van der Waals surface area contributed by atoms with Gasteiger partial charge in [-0.2, -0.15) is 0 Å². The molecule has 1 aromatic rings. The summed E-state index contributed by atoms with van der Waals surface area (Å²) in [7, 11) is 0. The van der Waals surface area contributed by atoms with E-state index in [2.05, 4.69) is 6.07 Å². The second-order valence-electron chi connectivity index (χ2n) is 3.44. The van der Waals surface area contributed by atoms with E-state index in [1.807, 2.05) is 12.1 Å². The fourth-order valence-electron chi connectivity index (χ4n) is 2.03. The molecule has 0 amide bonds. The minimum absolute atomic E-state index is 0.368. The van der Waals surface area contributed by atoms with Crippen LogP contribution in [-0.4, -0.2) is 6.10 Å². The average molecular weight is 181 g/mol. The third-order valence-electron chi connectivity index (χ3n) is 2.72. The standard InChI is InChI=1S/C10H9ClO/c11-8-3-1-2-7-6(8)4-5-9-10(7)12-9/h1-3,9-10H,4-5H2. The number of halogens is 1. The summed E-state index contributed by atoms with van der Waals surface area (Å²) >= 11 is 6.07. The first-order chi connectivity index (χ1) is 5.86. The van der Waals surface area contributed by atoms with E-state index >= 15 is 0 Å². The molecule has 1 aliphatic carbocycles. The van der Waals surface area contributed by atoms with E-state index in [0.29, 0.717) is 12.2 Å². The van der Waals surface area contributed by atoms with Crippen LogP contribution < -0.4 is 0 Å². The molecule has 0 radical (unpaired) electrons. The minimum atomic E-state index is 0.368. The molecule has 1 aromatic carbocycles. The molecule has 2 unspecified atom stereocenters. The van der Waals surface area contributed by atoms with Gasteiger partial charge in [-0.25, -0.2) is 0 Å². The fraction of sp³-hybridized carbons (Fsp3) is 0.400. The molecule has 2 aliphatic rings. The highest BCUT2D eigenvalue weighted by Gasteiger charge is 2.44. The summed E-state index contributed by atoms with van der Waals surface area (Å²) in [4.78, 5) is 0. The predicted octanol–water partition coefficient (Wildman–Crippen LogP) is 2.73. The lowest BCUT2D eigenvalue weighted by atomic mass is 9.92. The van der Waals surface area contributed by atoms with Gasteiger partial charge in [0.1, 0.15) is 6.10 Å². The van der Waals surface area contributed by atoms with Gasteiger partial charge in [0, 0.05) is 5.02 Å². The van der Waals surface area contributed by atoms with E-state index in [9.17, 15) is 0 Å². The zero-order chi connectivity index (χ0) is 8.13. The van der Waals surface area contributed by atoms with Gasteiger partial charge in [0.2, 0.25) is 0 Å². The normalized spacial score (nSPS) is 30.8. The molecule has 3 rings (SSSR count). The van der Waals surface area contributed by atoms with Crippen LogP contribution in [-0.2, 0) is 11.2 Å². The maximum Gasteiger partial charge on any atom is 0.109 e. The van der Waals surface area contributed by atoms with Gasteiger partial charge in [-0.1, -0.05) is 23.7 Å². The molecular formula is C10H9ClO. The summed E-state index contributed by atoms with van der Waals surface area (Å²) in [6, 6.07) is 6.10. The molecule has 0 saturated carbocycles. The molecular weight excluding hydrogens is 172 g/mol. The van der Waals surface area contributed by atoms with Gasteiger partial charge in [-0.15, -0.1) is 0 Å². The van der Waals surface area contributed by atoms with Crippen LogP contribution in [0.3, 0.4) is 0 Å². The summed E-state index contributed by atoms with van der Waals surface area (Å²) in [5.74, 6) is 0. The lowest BCUT2D eigenvalue weighted by molar-refractivity contribution is 0.373. The van der Waals surface area contributed by atoms with Gasteiger partial charge >= 0.3 is 0 Å². The van der Waals surface area contributed by atoms with Crippen molar-refractivity contribution in [1.82, 2.24) is 0 Å². The van der Waals surface area contributed by atoms with Gasteiger partial charge in [0.25, 0.3) is 0 Å². The Kier molecular flexibility index (Phi) is 1.29. The molecule has 1 nitrogen and oxygen atoms in total. The maximum atomic E-state index is 6.07. The third kappa shape index (κ3) is 0.838. The third-order valence-corrected chi connectivity index (χ3v) is 3.08. The molecule has 1 saturated heterocycles. The first kappa shape index (κ1) is 6.93. The Balaban J connectivity index is 2.18. The molecule has 1 fully saturated rings. The lowest BCUT2D eigenvalue weighted by Gasteiger charge is -2.12. The van der Waals surface area contributed by atoms with Crippen LogP contribution >= 0.6 is 11.6 Å². The van der Waals surface area contributed by atoms with Crippen molar-refractivity contribution in [3.8, 4) is 0 Å². The zero-order valence-corrected chi connectivity index (χ0v) is 7.34. The summed E-state index contributed by atoms with van der Waals surface area (Å²) < 4.78 is 5.50. The van der Waals surface area contributed by atoms with E-state index in [1.165, 1.54) is 11.1 Å². The Morgan fingerprint density at radius 3 is 3.25 bits per heavy atom. The van der Waals surface area contributed by atoms with Gasteiger partial charge in [0.15, 0.2) is 0 Å². The molecule has 0 N–H and O–H groups in total. The Morgan fingerprint density at radius 2 is 2.33 bits per heavy atom. The Hall–Kier alpha value is -0.530. The molecule has 12 heavy (non-hydrogen) atoms. The SMILES string of the molecule is Clc1cccc2c1CCC1OC21. The van der Waals surface area contributed by atoms with Crippen LogP contribution in [0.2, 0.25) is 5.02 Å². The van der Waals surface area contributed by atoms with Crippen molar-refractivity contribution in [2.75, 3.05) is 0 Å². The lowest BCUT2D eigenvalue weighted by Crippen LogP contribution is -2.04. The largest absolute Gasteiger partial charge is 0.364 e. The smallest absolute Gasteiger partial charge is 0.109 e. The zero-order valence-electron chi connectivity index (χ0n) is 6.59. The second-order valence-corrected chi connectivity index (χ2v) is 3.85. The van der Waals surface area contributed by atoms with E-state index < -0.39 is 0 Å². The molecule has 62 valence electrons. The van der Waals surface area contributed by atoms with Crippen LogP contribution in [0.25, 0.3) is 0 Å².